The third-order valence-electron chi connectivity index (χ3n) is 5.19. The summed E-state index contributed by atoms with van der Waals surface area (Å²) in [6, 6.07) is 6.48. The van der Waals surface area contributed by atoms with Crippen LogP contribution in [0.5, 0.6) is 0 Å². The van der Waals surface area contributed by atoms with Gasteiger partial charge in [0.2, 0.25) is 0 Å². The van der Waals surface area contributed by atoms with Crippen molar-refractivity contribution in [3.63, 3.8) is 0 Å². The molecule has 1 aromatic carbocycles. The molecular formula is C19H22FN3O2. The largest absolute Gasteiger partial charge is 0.391 e. The number of para-hydroxylation sites is 1. The first-order chi connectivity index (χ1) is 12.1. The van der Waals surface area contributed by atoms with Crippen molar-refractivity contribution in [3.05, 3.63) is 47.0 Å². The fourth-order valence-corrected chi connectivity index (χ4v) is 3.61. The maximum atomic E-state index is 14.2. The van der Waals surface area contributed by atoms with Gasteiger partial charge in [-0.15, -0.1) is 0 Å². The molecule has 0 saturated heterocycles. The number of hydrogen-bond donors (Lipinski definition) is 1. The topological polar surface area (TPSA) is 58.4 Å². The molecule has 1 atom stereocenters. The molecule has 0 aliphatic heterocycles. The van der Waals surface area contributed by atoms with Crippen molar-refractivity contribution in [1.82, 2.24) is 14.7 Å². The van der Waals surface area contributed by atoms with E-state index >= 15 is 0 Å². The smallest absolute Gasteiger partial charge is 0.274 e. The van der Waals surface area contributed by atoms with Crippen molar-refractivity contribution in [2.75, 3.05) is 13.6 Å². The summed E-state index contributed by atoms with van der Waals surface area (Å²) in [5, 5.41) is 14.6. The van der Waals surface area contributed by atoms with Gasteiger partial charge in [-0.05, 0) is 50.2 Å². The van der Waals surface area contributed by atoms with Crippen LogP contribution in [-0.2, 0) is 12.8 Å². The van der Waals surface area contributed by atoms with Gasteiger partial charge in [0.05, 0.1) is 6.10 Å². The van der Waals surface area contributed by atoms with Gasteiger partial charge in [0.25, 0.3) is 5.91 Å². The molecule has 2 aromatic rings. The number of nitrogens with zero attached hydrogens (tertiary/aromatic N) is 3. The van der Waals surface area contributed by atoms with E-state index in [1.807, 2.05) is 0 Å². The van der Waals surface area contributed by atoms with Crippen LogP contribution in [-0.4, -0.2) is 45.4 Å². The molecule has 1 fully saturated rings. The van der Waals surface area contributed by atoms with Gasteiger partial charge in [0.1, 0.15) is 11.5 Å². The van der Waals surface area contributed by atoms with Gasteiger partial charge in [-0.1, -0.05) is 12.1 Å². The normalized spacial score (nSPS) is 17.4. The molecule has 1 N–H and O–H groups in total. The summed E-state index contributed by atoms with van der Waals surface area (Å²) < 4.78 is 15.8. The number of carbonyl (C=O) groups is 1. The second-order valence-corrected chi connectivity index (χ2v) is 7.08. The summed E-state index contributed by atoms with van der Waals surface area (Å²) in [4.78, 5) is 14.4. The van der Waals surface area contributed by atoms with Gasteiger partial charge in [-0.25, -0.2) is 9.07 Å². The van der Waals surface area contributed by atoms with Gasteiger partial charge in [0, 0.05) is 24.8 Å². The molecule has 4 rings (SSSR count). The van der Waals surface area contributed by atoms with Crippen molar-refractivity contribution in [1.29, 1.82) is 0 Å². The Morgan fingerprint density at radius 1 is 1.40 bits per heavy atom. The fraction of sp³-hybridized carbons (Fsp3) is 0.474. The first kappa shape index (κ1) is 16.3. The van der Waals surface area contributed by atoms with E-state index in [-0.39, 0.29) is 11.7 Å². The molecule has 0 spiro atoms. The predicted octanol–water partition coefficient (Wildman–Crippen LogP) is 2.34. The summed E-state index contributed by atoms with van der Waals surface area (Å²) in [6.07, 6.45) is 4.09. The Morgan fingerprint density at radius 3 is 2.88 bits per heavy atom. The number of aliphatic hydroxyl groups is 1. The van der Waals surface area contributed by atoms with Crippen LogP contribution in [0.15, 0.2) is 24.3 Å². The van der Waals surface area contributed by atoms with E-state index in [1.165, 1.54) is 11.0 Å². The molecule has 6 heteroatoms. The Balaban J connectivity index is 1.65. The van der Waals surface area contributed by atoms with Crippen LogP contribution in [0, 0.1) is 11.7 Å². The predicted molar refractivity (Wildman–Crippen MR) is 91.2 cm³/mol. The van der Waals surface area contributed by atoms with Crippen molar-refractivity contribution < 1.29 is 14.3 Å². The molecule has 2 aliphatic rings. The minimum atomic E-state index is -0.476. The molecule has 132 valence electrons. The van der Waals surface area contributed by atoms with Gasteiger partial charge in [0.15, 0.2) is 5.69 Å². The Morgan fingerprint density at radius 2 is 2.16 bits per heavy atom. The summed E-state index contributed by atoms with van der Waals surface area (Å²) in [6.45, 7) is 0.310. The van der Waals surface area contributed by atoms with Crippen LogP contribution < -0.4 is 0 Å². The second kappa shape index (κ2) is 6.26. The summed E-state index contributed by atoms with van der Waals surface area (Å²) >= 11 is 0. The second-order valence-electron chi connectivity index (χ2n) is 7.08. The van der Waals surface area contributed by atoms with E-state index in [9.17, 15) is 14.3 Å². The molecule has 2 aliphatic carbocycles. The number of likely N-dealkylation sites (N-methyl/N-ethyl adjacent to an activating group) is 1. The van der Waals surface area contributed by atoms with Crippen LogP contribution in [0.4, 0.5) is 4.39 Å². The number of carbonyl (C=O) groups excluding carboxylic acids is 1. The number of amides is 1. The van der Waals surface area contributed by atoms with Crippen molar-refractivity contribution in [2.24, 2.45) is 5.92 Å². The van der Waals surface area contributed by atoms with Crippen LogP contribution in [0.3, 0.4) is 0 Å². The van der Waals surface area contributed by atoms with Gasteiger partial charge < -0.3 is 10.0 Å². The maximum absolute atomic E-state index is 14.2. The molecule has 1 amide bonds. The highest BCUT2D eigenvalue weighted by atomic mass is 19.1. The summed E-state index contributed by atoms with van der Waals surface area (Å²) in [5.74, 6) is -0.235. The zero-order valence-electron chi connectivity index (χ0n) is 14.3. The van der Waals surface area contributed by atoms with Gasteiger partial charge in [-0.2, -0.15) is 5.10 Å². The number of fused-ring (bicyclic) bond motifs is 1. The fourth-order valence-electron chi connectivity index (χ4n) is 3.61. The molecule has 0 radical (unpaired) electrons. The summed E-state index contributed by atoms with van der Waals surface area (Å²) in [5.41, 5.74) is 2.60. The molecule has 5 nitrogen and oxygen atoms in total. The lowest BCUT2D eigenvalue weighted by molar-refractivity contribution is 0.0639. The zero-order chi connectivity index (χ0) is 17.6. The third kappa shape index (κ3) is 2.95. The maximum Gasteiger partial charge on any atom is 0.274 e. The first-order valence-corrected chi connectivity index (χ1v) is 8.85. The SMILES string of the molecule is CN(CC(O)C1CC1)C(=O)c1nn(-c2ccccc2F)c2c1CCC2. The van der Waals surface area contributed by atoms with E-state index in [1.54, 1.807) is 29.9 Å². The number of aliphatic hydroxyl groups excluding tert-OH is 1. The standard InChI is InChI=1S/C19H22FN3O2/c1-22(11-17(24)12-9-10-12)19(25)18-13-5-4-8-15(13)23(21-18)16-7-3-2-6-14(16)20/h2-3,6-7,12,17,24H,4-5,8-11H2,1H3. The number of hydrogen-bond acceptors (Lipinski definition) is 3. The Labute approximate surface area is 146 Å². The van der Waals surface area contributed by atoms with E-state index in [0.717, 1.165) is 43.4 Å². The Hall–Kier alpha value is -2.21. The third-order valence-corrected chi connectivity index (χ3v) is 5.19. The Bertz CT molecular complexity index is 813. The molecule has 1 saturated carbocycles. The number of rotatable bonds is 5. The van der Waals surface area contributed by atoms with Crippen LogP contribution >= 0.6 is 0 Å². The average Bonchev–Trinajstić information content (AvgIpc) is 3.24. The lowest BCUT2D eigenvalue weighted by atomic mass is 10.1. The summed E-state index contributed by atoms with van der Waals surface area (Å²) in [7, 11) is 1.69. The van der Waals surface area contributed by atoms with Crippen molar-refractivity contribution in [2.45, 2.75) is 38.2 Å². The van der Waals surface area contributed by atoms with Gasteiger partial charge in [-0.3, -0.25) is 4.79 Å². The highest BCUT2D eigenvalue weighted by molar-refractivity contribution is 5.94. The monoisotopic (exact) mass is 343 g/mol. The van der Waals surface area contributed by atoms with E-state index in [0.29, 0.717) is 23.8 Å². The highest BCUT2D eigenvalue weighted by Crippen LogP contribution is 2.33. The van der Waals surface area contributed by atoms with Crippen LogP contribution in [0.25, 0.3) is 5.69 Å². The zero-order valence-corrected chi connectivity index (χ0v) is 14.3. The van der Waals surface area contributed by atoms with Crippen LogP contribution in [0.1, 0.15) is 41.0 Å². The average molecular weight is 343 g/mol. The number of halogens is 1. The minimum absolute atomic E-state index is 0.201. The van der Waals surface area contributed by atoms with Crippen molar-refractivity contribution >= 4 is 5.91 Å². The molecular weight excluding hydrogens is 321 g/mol. The first-order valence-electron chi connectivity index (χ1n) is 8.85. The minimum Gasteiger partial charge on any atom is -0.391 e. The molecule has 1 aromatic heterocycles. The highest BCUT2D eigenvalue weighted by Gasteiger charge is 2.33. The lowest BCUT2D eigenvalue weighted by Crippen LogP contribution is -2.35. The van der Waals surface area contributed by atoms with Crippen LogP contribution in [0.2, 0.25) is 0 Å². The number of aromatic nitrogens is 2. The lowest BCUT2D eigenvalue weighted by Gasteiger charge is -2.20. The van der Waals surface area contributed by atoms with E-state index < -0.39 is 6.10 Å². The molecule has 1 unspecified atom stereocenters. The van der Waals surface area contributed by atoms with Crippen molar-refractivity contribution in [3.8, 4) is 5.69 Å². The van der Waals surface area contributed by atoms with Gasteiger partial charge >= 0.3 is 0 Å². The molecule has 0 bridgehead atoms. The molecule has 1 heterocycles. The van der Waals surface area contributed by atoms with E-state index in [4.69, 9.17) is 0 Å². The van der Waals surface area contributed by atoms with E-state index in [2.05, 4.69) is 5.10 Å². The quantitative estimate of drug-likeness (QED) is 0.907. The number of benzene rings is 1. The molecule has 25 heavy (non-hydrogen) atoms. The Kier molecular flexibility index (Phi) is 4.07.